The van der Waals surface area contributed by atoms with E-state index in [2.05, 4.69) is 9.97 Å². The highest BCUT2D eigenvalue weighted by atomic mass is 35.5. The Kier molecular flexibility index (Phi) is 5.16. The van der Waals surface area contributed by atoms with Crippen LogP contribution in [0.5, 0.6) is 0 Å². The first kappa shape index (κ1) is 19.9. The quantitative estimate of drug-likeness (QED) is 0.391. The van der Waals surface area contributed by atoms with Gasteiger partial charge in [-0.05, 0) is 31.0 Å². The molecule has 0 aliphatic heterocycles. The fourth-order valence-corrected chi connectivity index (χ4v) is 4.11. The fourth-order valence-electron chi connectivity index (χ4n) is 3.03. The Labute approximate surface area is 166 Å². The SMILES string of the molecule is Cc1cccc(C)c1-c1cc(Cl)nc(-c2cccc([N+](=O)[O-])c2S(N)(=O)=O)n1. The maximum Gasteiger partial charge on any atom is 0.290 e. The maximum absolute atomic E-state index is 12.1. The van der Waals surface area contributed by atoms with E-state index in [0.29, 0.717) is 5.69 Å². The third-order valence-corrected chi connectivity index (χ3v) is 5.34. The summed E-state index contributed by atoms with van der Waals surface area (Å²) in [6, 6.07) is 11.0. The zero-order valence-electron chi connectivity index (χ0n) is 14.9. The van der Waals surface area contributed by atoms with E-state index in [9.17, 15) is 18.5 Å². The number of nitrogens with zero attached hydrogens (tertiary/aromatic N) is 3. The number of aryl methyl sites for hydroxylation is 2. The van der Waals surface area contributed by atoms with Gasteiger partial charge < -0.3 is 0 Å². The molecule has 1 heterocycles. The van der Waals surface area contributed by atoms with Crippen molar-refractivity contribution in [3.8, 4) is 22.6 Å². The topological polar surface area (TPSA) is 129 Å². The van der Waals surface area contributed by atoms with E-state index in [-0.39, 0.29) is 16.5 Å². The predicted molar refractivity (Wildman–Crippen MR) is 105 cm³/mol. The van der Waals surface area contributed by atoms with Crippen LogP contribution in [0.4, 0.5) is 5.69 Å². The van der Waals surface area contributed by atoms with Crippen LogP contribution in [0.2, 0.25) is 5.15 Å². The average Bonchev–Trinajstić information content (AvgIpc) is 2.59. The molecule has 1 aromatic heterocycles. The first-order valence-electron chi connectivity index (χ1n) is 8.01. The van der Waals surface area contributed by atoms with E-state index in [1.165, 1.54) is 12.1 Å². The Hall–Kier alpha value is -2.88. The molecule has 0 radical (unpaired) electrons. The number of primary sulfonamides is 1. The molecule has 3 rings (SSSR count). The van der Waals surface area contributed by atoms with Crippen molar-refractivity contribution >= 4 is 27.3 Å². The van der Waals surface area contributed by atoms with Gasteiger partial charge in [0.15, 0.2) is 10.7 Å². The molecule has 0 spiro atoms. The molecule has 8 nitrogen and oxygen atoms in total. The summed E-state index contributed by atoms with van der Waals surface area (Å²) in [6.07, 6.45) is 0. The van der Waals surface area contributed by atoms with Crippen molar-refractivity contribution in [1.82, 2.24) is 9.97 Å². The van der Waals surface area contributed by atoms with Gasteiger partial charge in [0.2, 0.25) is 10.0 Å². The van der Waals surface area contributed by atoms with Crippen molar-refractivity contribution in [1.29, 1.82) is 0 Å². The highest BCUT2D eigenvalue weighted by molar-refractivity contribution is 7.89. The zero-order valence-corrected chi connectivity index (χ0v) is 16.5. The largest absolute Gasteiger partial charge is 0.290 e. The van der Waals surface area contributed by atoms with Gasteiger partial charge in [-0.3, -0.25) is 10.1 Å². The second-order valence-corrected chi connectivity index (χ2v) is 8.01. The van der Waals surface area contributed by atoms with Crippen molar-refractivity contribution in [2.75, 3.05) is 0 Å². The van der Waals surface area contributed by atoms with Gasteiger partial charge in [-0.15, -0.1) is 0 Å². The Morgan fingerprint density at radius 2 is 1.68 bits per heavy atom. The predicted octanol–water partition coefficient (Wildman–Crippen LogP) is 3.64. The molecule has 2 aromatic carbocycles. The molecule has 0 saturated carbocycles. The first-order chi connectivity index (χ1) is 13.1. The smallest absolute Gasteiger partial charge is 0.258 e. The highest BCUT2D eigenvalue weighted by Crippen LogP contribution is 2.34. The molecular formula is C18H15ClN4O4S. The van der Waals surface area contributed by atoms with Crippen LogP contribution < -0.4 is 5.14 Å². The maximum atomic E-state index is 12.1. The molecule has 0 bridgehead atoms. The minimum absolute atomic E-state index is 0.0644. The summed E-state index contributed by atoms with van der Waals surface area (Å²) in [5, 5.41) is 16.6. The Balaban J connectivity index is 2.35. The van der Waals surface area contributed by atoms with Gasteiger partial charge in [-0.25, -0.2) is 23.5 Å². The lowest BCUT2D eigenvalue weighted by molar-refractivity contribution is -0.387. The van der Waals surface area contributed by atoms with Crippen LogP contribution in [0.15, 0.2) is 47.4 Å². The summed E-state index contributed by atoms with van der Waals surface area (Å²) in [5.41, 5.74) is 2.41. The monoisotopic (exact) mass is 418 g/mol. The zero-order chi connectivity index (χ0) is 20.6. The van der Waals surface area contributed by atoms with E-state index < -0.39 is 25.5 Å². The third kappa shape index (κ3) is 3.72. The van der Waals surface area contributed by atoms with Crippen LogP contribution in [-0.2, 0) is 10.0 Å². The summed E-state index contributed by atoms with van der Waals surface area (Å²) in [5.74, 6) is -0.0714. The van der Waals surface area contributed by atoms with Crippen LogP contribution >= 0.6 is 11.6 Å². The number of hydrogen-bond donors (Lipinski definition) is 1. The summed E-state index contributed by atoms with van der Waals surface area (Å²) in [4.78, 5) is 18.3. The fraction of sp³-hybridized carbons (Fsp3) is 0.111. The minimum Gasteiger partial charge on any atom is -0.258 e. The normalized spacial score (nSPS) is 11.4. The minimum atomic E-state index is -4.43. The number of sulfonamides is 1. The Bertz CT molecular complexity index is 1190. The molecule has 144 valence electrons. The second-order valence-electron chi connectivity index (χ2n) is 6.12. The number of aromatic nitrogens is 2. The number of nitrogens with two attached hydrogens (primary N) is 1. The van der Waals surface area contributed by atoms with Crippen molar-refractivity contribution in [3.05, 3.63) is 68.9 Å². The van der Waals surface area contributed by atoms with E-state index in [0.717, 1.165) is 22.8 Å². The molecule has 28 heavy (non-hydrogen) atoms. The molecule has 3 aromatic rings. The standard InChI is InChI=1S/C18H15ClN4O4S/c1-10-5-3-6-11(2)16(10)13-9-15(19)22-18(21-13)12-7-4-8-14(23(24)25)17(12)28(20,26)27/h3-9H,1-2H3,(H2,20,26,27). The van der Waals surface area contributed by atoms with Crippen molar-refractivity contribution in [3.63, 3.8) is 0 Å². The second kappa shape index (κ2) is 7.27. The van der Waals surface area contributed by atoms with Gasteiger partial charge >= 0.3 is 0 Å². The van der Waals surface area contributed by atoms with Gasteiger partial charge in [0, 0.05) is 23.3 Å². The van der Waals surface area contributed by atoms with Crippen LogP contribution in [0.1, 0.15) is 11.1 Å². The molecular weight excluding hydrogens is 404 g/mol. The number of benzene rings is 2. The van der Waals surface area contributed by atoms with Crippen LogP contribution in [-0.4, -0.2) is 23.3 Å². The Morgan fingerprint density at radius 3 is 2.25 bits per heavy atom. The average molecular weight is 419 g/mol. The van der Waals surface area contributed by atoms with Gasteiger partial charge in [-0.1, -0.05) is 35.9 Å². The van der Waals surface area contributed by atoms with E-state index in [1.54, 1.807) is 6.07 Å². The molecule has 0 fully saturated rings. The van der Waals surface area contributed by atoms with Crippen LogP contribution in [0.3, 0.4) is 0 Å². The van der Waals surface area contributed by atoms with Crippen molar-refractivity contribution in [2.45, 2.75) is 18.7 Å². The number of hydrogen-bond acceptors (Lipinski definition) is 6. The summed E-state index contributed by atoms with van der Waals surface area (Å²) in [6.45, 7) is 3.81. The van der Waals surface area contributed by atoms with E-state index in [1.807, 2.05) is 32.0 Å². The van der Waals surface area contributed by atoms with E-state index >= 15 is 0 Å². The molecule has 0 unspecified atom stereocenters. The molecule has 0 atom stereocenters. The lowest BCUT2D eigenvalue weighted by Gasteiger charge is -2.12. The number of nitro benzene ring substituents is 1. The lowest BCUT2D eigenvalue weighted by Crippen LogP contribution is -2.16. The van der Waals surface area contributed by atoms with Gasteiger partial charge in [0.1, 0.15) is 5.15 Å². The summed E-state index contributed by atoms with van der Waals surface area (Å²) >= 11 is 6.16. The lowest BCUT2D eigenvalue weighted by atomic mass is 10.00. The number of rotatable bonds is 4. The van der Waals surface area contributed by atoms with E-state index in [4.69, 9.17) is 16.7 Å². The van der Waals surface area contributed by atoms with Crippen molar-refractivity contribution in [2.24, 2.45) is 5.14 Å². The molecule has 0 aliphatic rings. The van der Waals surface area contributed by atoms with Crippen LogP contribution in [0, 0.1) is 24.0 Å². The molecule has 0 aliphatic carbocycles. The molecule has 0 saturated heterocycles. The molecule has 0 amide bonds. The van der Waals surface area contributed by atoms with Gasteiger partial charge in [0.05, 0.1) is 10.6 Å². The third-order valence-electron chi connectivity index (χ3n) is 4.15. The van der Waals surface area contributed by atoms with Gasteiger partial charge in [-0.2, -0.15) is 0 Å². The van der Waals surface area contributed by atoms with Gasteiger partial charge in [0.25, 0.3) is 5.69 Å². The highest BCUT2D eigenvalue weighted by Gasteiger charge is 2.28. The molecule has 10 heteroatoms. The van der Waals surface area contributed by atoms with Crippen LogP contribution in [0.25, 0.3) is 22.6 Å². The molecule has 2 N–H and O–H groups in total. The number of halogens is 1. The number of nitro groups is 1. The first-order valence-corrected chi connectivity index (χ1v) is 9.93. The summed E-state index contributed by atoms with van der Waals surface area (Å²) in [7, 11) is -4.43. The van der Waals surface area contributed by atoms with Crippen molar-refractivity contribution < 1.29 is 13.3 Å². The summed E-state index contributed by atoms with van der Waals surface area (Å²) < 4.78 is 24.2. The Morgan fingerprint density at radius 1 is 1.07 bits per heavy atom.